The molecule has 3 aromatic carbocycles. The highest BCUT2D eigenvalue weighted by Gasteiger charge is 2.27. The third kappa shape index (κ3) is 5.46. The van der Waals surface area contributed by atoms with Gasteiger partial charge in [0.1, 0.15) is 18.5 Å². The molecule has 1 atom stereocenters. The number of hydrogen-bond acceptors (Lipinski definition) is 3. The Kier molecular flexibility index (Phi) is 7.01. The molecule has 0 bridgehead atoms. The van der Waals surface area contributed by atoms with Crippen molar-refractivity contribution >= 4 is 17.6 Å². The Labute approximate surface area is 189 Å². The molecule has 4 rings (SSSR count). The van der Waals surface area contributed by atoms with Gasteiger partial charge in [-0.3, -0.25) is 4.79 Å². The summed E-state index contributed by atoms with van der Waals surface area (Å²) >= 11 is 0. The Bertz CT molecular complexity index is 1120. The summed E-state index contributed by atoms with van der Waals surface area (Å²) in [7, 11) is 0. The maximum atomic E-state index is 13.5. The molecule has 1 heterocycles. The third-order valence-electron chi connectivity index (χ3n) is 5.29. The minimum atomic E-state index is -0.212. The highest BCUT2D eigenvalue weighted by atomic mass is 16.5. The predicted octanol–water partition coefficient (Wildman–Crippen LogP) is 4.51. The van der Waals surface area contributed by atoms with E-state index in [1.807, 2.05) is 95.9 Å². The predicted molar refractivity (Wildman–Crippen MR) is 127 cm³/mol. The molecule has 0 aromatic heterocycles. The van der Waals surface area contributed by atoms with Crippen LogP contribution >= 0.6 is 0 Å². The Balaban J connectivity index is 1.48. The maximum Gasteiger partial charge on any atom is 0.254 e. The van der Waals surface area contributed by atoms with Crippen molar-refractivity contribution in [2.24, 2.45) is 0 Å². The lowest BCUT2D eigenvalue weighted by molar-refractivity contribution is -0.133. The summed E-state index contributed by atoms with van der Waals surface area (Å²) in [4.78, 5) is 15.4. The van der Waals surface area contributed by atoms with Crippen LogP contribution in [0.2, 0.25) is 0 Å². The molecule has 3 aromatic rings. The van der Waals surface area contributed by atoms with E-state index in [9.17, 15) is 4.79 Å². The van der Waals surface area contributed by atoms with Crippen LogP contribution in [-0.4, -0.2) is 43.2 Å². The van der Waals surface area contributed by atoms with Crippen molar-refractivity contribution in [3.63, 3.8) is 0 Å². The molecule has 4 nitrogen and oxygen atoms in total. The van der Waals surface area contributed by atoms with Crippen LogP contribution in [0, 0.1) is 12.3 Å². The Hall–Kier alpha value is -3.81. The molecule has 1 saturated heterocycles. The molecule has 1 aliphatic rings. The highest BCUT2D eigenvalue weighted by Crippen LogP contribution is 2.23. The lowest BCUT2D eigenvalue weighted by atomic mass is 10.0. The first-order valence-electron chi connectivity index (χ1n) is 10.7. The molecule has 0 aliphatic carbocycles. The molecule has 0 spiro atoms. The van der Waals surface area contributed by atoms with Crippen molar-refractivity contribution in [3.8, 4) is 18.1 Å². The summed E-state index contributed by atoms with van der Waals surface area (Å²) in [5.74, 6) is 3.29. The molecule has 32 heavy (non-hydrogen) atoms. The van der Waals surface area contributed by atoms with E-state index in [1.54, 1.807) is 0 Å². The molecule has 0 saturated carbocycles. The van der Waals surface area contributed by atoms with Crippen LogP contribution in [0.1, 0.15) is 16.7 Å². The third-order valence-corrected chi connectivity index (χ3v) is 5.29. The first-order valence-corrected chi connectivity index (χ1v) is 10.7. The normalized spacial score (nSPS) is 16.3. The molecule has 1 fully saturated rings. The van der Waals surface area contributed by atoms with E-state index in [-0.39, 0.29) is 12.0 Å². The molecule has 160 valence electrons. The molecule has 1 unspecified atom stereocenters. The van der Waals surface area contributed by atoms with E-state index in [0.29, 0.717) is 37.6 Å². The van der Waals surface area contributed by atoms with Crippen LogP contribution in [0.5, 0.6) is 5.75 Å². The number of nitrogens with zero attached hydrogens (tertiary/aromatic N) is 1. The number of ether oxygens (including phenoxy) is 2. The first-order chi connectivity index (χ1) is 15.7. The van der Waals surface area contributed by atoms with Crippen molar-refractivity contribution in [3.05, 3.63) is 102 Å². The van der Waals surface area contributed by atoms with Gasteiger partial charge in [0.25, 0.3) is 5.91 Å². The maximum absolute atomic E-state index is 13.5. The number of hydrogen-bond donors (Lipinski definition) is 0. The minimum Gasteiger partial charge on any atom is -0.491 e. The molecule has 0 N–H and O–H groups in total. The number of amides is 1. The van der Waals surface area contributed by atoms with Gasteiger partial charge in [-0.25, -0.2) is 0 Å². The number of morpholine rings is 1. The smallest absolute Gasteiger partial charge is 0.254 e. The zero-order valence-corrected chi connectivity index (χ0v) is 17.8. The van der Waals surface area contributed by atoms with Gasteiger partial charge in [0.2, 0.25) is 0 Å². The van der Waals surface area contributed by atoms with Crippen molar-refractivity contribution in [2.45, 2.75) is 6.10 Å². The number of rotatable bonds is 6. The van der Waals surface area contributed by atoms with E-state index >= 15 is 0 Å². The van der Waals surface area contributed by atoms with Crippen LogP contribution in [0.4, 0.5) is 0 Å². The van der Waals surface area contributed by atoms with Crippen molar-refractivity contribution in [1.29, 1.82) is 0 Å². The summed E-state index contributed by atoms with van der Waals surface area (Å²) in [5.41, 5.74) is 3.32. The van der Waals surface area contributed by atoms with E-state index in [1.165, 1.54) is 0 Å². The second-order valence-corrected chi connectivity index (χ2v) is 7.56. The fourth-order valence-corrected chi connectivity index (χ4v) is 3.64. The molecular weight excluding hydrogens is 398 g/mol. The average molecular weight is 424 g/mol. The molecule has 1 aliphatic heterocycles. The standard InChI is InChI=1S/C28H25NO3/c1-2-22-12-9-15-25(18-22)32-21-26-20-29(16-17-31-26)28(30)27(24-13-7-4-8-14-24)19-23-10-5-3-6-11-23/h1,3-15,18-19,26H,16-17,20-21H2/b27-19+. The Morgan fingerprint density at radius 1 is 1.06 bits per heavy atom. The van der Waals surface area contributed by atoms with Gasteiger partial charge in [0.05, 0.1) is 13.2 Å². The first kappa shape index (κ1) is 21.4. The SMILES string of the molecule is C#Cc1cccc(OCC2CN(C(=O)/C(=C/c3ccccc3)c3ccccc3)CCO2)c1. The van der Waals surface area contributed by atoms with Crippen LogP contribution in [-0.2, 0) is 9.53 Å². The molecule has 0 radical (unpaired) electrons. The summed E-state index contributed by atoms with van der Waals surface area (Å²) in [6.45, 7) is 1.83. The van der Waals surface area contributed by atoms with E-state index < -0.39 is 0 Å². The summed E-state index contributed by atoms with van der Waals surface area (Å²) < 4.78 is 11.7. The van der Waals surface area contributed by atoms with Crippen LogP contribution in [0.25, 0.3) is 11.6 Å². The Morgan fingerprint density at radius 2 is 1.81 bits per heavy atom. The summed E-state index contributed by atoms with van der Waals surface area (Å²) in [5, 5.41) is 0. The molecule has 1 amide bonds. The number of carbonyl (C=O) groups excluding carboxylic acids is 1. The van der Waals surface area contributed by atoms with Crippen molar-refractivity contribution in [1.82, 2.24) is 4.90 Å². The van der Waals surface area contributed by atoms with Gasteiger partial charge in [0, 0.05) is 17.7 Å². The largest absolute Gasteiger partial charge is 0.491 e. The summed E-state index contributed by atoms with van der Waals surface area (Å²) in [6.07, 6.45) is 7.20. The fourth-order valence-electron chi connectivity index (χ4n) is 3.64. The lowest BCUT2D eigenvalue weighted by Gasteiger charge is -2.33. The van der Waals surface area contributed by atoms with Gasteiger partial charge in [-0.15, -0.1) is 6.42 Å². The number of benzene rings is 3. The molecule has 4 heteroatoms. The van der Waals surface area contributed by atoms with Gasteiger partial charge >= 0.3 is 0 Å². The van der Waals surface area contributed by atoms with E-state index in [4.69, 9.17) is 15.9 Å². The van der Waals surface area contributed by atoms with Crippen LogP contribution in [0.3, 0.4) is 0 Å². The fraction of sp³-hybridized carbons (Fsp3) is 0.179. The van der Waals surface area contributed by atoms with Gasteiger partial charge < -0.3 is 14.4 Å². The zero-order chi connectivity index (χ0) is 22.2. The minimum absolute atomic E-state index is 0.0114. The quantitative estimate of drug-likeness (QED) is 0.333. The molecular formula is C28H25NO3. The number of carbonyl (C=O) groups is 1. The lowest BCUT2D eigenvalue weighted by Crippen LogP contribution is -2.47. The summed E-state index contributed by atoms with van der Waals surface area (Å²) in [6, 6.07) is 27.1. The highest BCUT2D eigenvalue weighted by molar-refractivity contribution is 6.24. The van der Waals surface area contributed by atoms with Crippen molar-refractivity contribution < 1.29 is 14.3 Å². The monoisotopic (exact) mass is 423 g/mol. The van der Waals surface area contributed by atoms with E-state index in [2.05, 4.69) is 5.92 Å². The van der Waals surface area contributed by atoms with Crippen LogP contribution in [0.15, 0.2) is 84.9 Å². The second-order valence-electron chi connectivity index (χ2n) is 7.56. The van der Waals surface area contributed by atoms with Crippen LogP contribution < -0.4 is 4.74 Å². The van der Waals surface area contributed by atoms with E-state index in [0.717, 1.165) is 16.7 Å². The Morgan fingerprint density at radius 3 is 2.56 bits per heavy atom. The van der Waals surface area contributed by atoms with Gasteiger partial charge in [-0.2, -0.15) is 0 Å². The van der Waals surface area contributed by atoms with Crippen molar-refractivity contribution in [2.75, 3.05) is 26.3 Å². The zero-order valence-electron chi connectivity index (χ0n) is 17.8. The van der Waals surface area contributed by atoms with Gasteiger partial charge in [0.15, 0.2) is 0 Å². The second kappa shape index (κ2) is 10.5. The van der Waals surface area contributed by atoms with Gasteiger partial charge in [-0.1, -0.05) is 72.7 Å². The number of terminal acetylenes is 1. The topological polar surface area (TPSA) is 38.8 Å². The van der Waals surface area contributed by atoms with Gasteiger partial charge in [-0.05, 0) is 35.4 Å². The average Bonchev–Trinajstić information content (AvgIpc) is 2.87.